The fourth-order valence-corrected chi connectivity index (χ4v) is 1.16. The molecule has 0 radical (unpaired) electrons. The molecule has 1 aliphatic rings. The molecule has 0 saturated carbocycles. The number of rotatable bonds is 3. The molecule has 0 amide bonds. The second-order valence-electron chi connectivity index (χ2n) is 2.85. The maximum atomic E-state index is 12.7. The molecule has 0 aromatic heterocycles. The van der Waals surface area contributed by atoms with Crippen LogP contribution >= 0.6 is 0 Å². The van der Waals surface area contributed by atoms with Crippen LogP contribution in [0.2, 0.25) is 0 Å². The van der Waals surface area contributed by atoms with Crippen LogP contribution in [0.25, 0.3) is 0 Å². The molecule has 68 valence electrons. The fraction of sp³-hybridized carbons (Fsp3) is 0.857. The van der Waals surface area contributed by atoms with Crippen molar-refractivity contribution >= 4 is 0 Å². The summed E-state index contributed by atoms with van der Waals surface area (Å²) in [4.78, 5) is 0. The van der Waals surface area contributed by atoms with Crippen molar-refractivity contribution < 1.29 is 13.2 Å². The molecule has 0 aliphatic carbocycles. The molecule has 2 nitrogen and oxygen atoms in total. The van der Waals surface area contributed by atoms with Crippen LogP contribution in [0.3, 0.4) is 0 Å². The Balaban J connectivity index is 2.49. The lowest BCUT2D eigenvalue weighted by Crippen LogP contribution is -2.49. The third-order valence-corrected chi connectivity index (χ3v) is 2.05. The first kappa shape index (κ1) is 9.33. The zero-order valence-corrected chi connectivity index (χ0v) is 6.30. The Labute approximate surface area is 68.4 Å². The Morgan fingerprint density at radius 3 is 2.17 bits per heavy atom. The monoisotopic (exact) mass is 178 g/mol. The van der Waals surface area contributed by atoms with Crippen molar-refractivity contribution in [2.24, 2.45) is 11.8 Å². The summed E-state index contributed by atoms with van der Waals surface area (Å²) in [6, 6.07) is 1.59. The van der Waals surface area contributed by atoms with Crippen molar-refractivity contribution in [2.45, 2.75) is 12.6 Å². The van der Waals surface area contributed by atoms with Gasteiger partial charge in [-0.05, 0) is 0 Å². The van der Waals surface area contributed by atoms with E-state index < -0.39 is 18.5 Å². The minimum absolute atomic E-state index is 0.251. The van der Waals surface area contributed by atoms with Gasteiger partial charge >= 0.3 is 0 Å². The second-order valence-corrected chi connectivity index (χ2v) is 2.85. The predicted octanol–water partition coefficient (Wildman–Crippen LogP) is 0.949. The Hall–Kier alpha value is -0.760. The van der Waals surface area contributed by atoms with E-state index in [1.165, 1.54) is 0 Å². The van der Waals surface area contributed by atoms with Crippen LogP contribution in [-0.2, 0) is 0 Å². The summed E-state index contributed by atoms with van der Waals surface area (Å²) < 4.78 is 36.3. The van der Waals surface area contributed by atoms with Crippen molar-refractivity contribution in [2.75, 3.05) is 13.1 Å². The first-order valence-electron chi connectivity index (χ1n) is 3.69. The van der Waals surface area contributed by atoms with Crippen LogP contribution in [-0.4, -0.2) is 25.7 Å². The van der Waals surface area contributed by atoms with E-state index in [1.807, 2.05) is 0 Å². The molecule has 1 saturated heterocycles. The summed E-state index contributed by atoms with van der Waals surface area (Å²) in [6.45, 7) is 0.927. The molecule has 1 heterocycles. The summed E-state index contributed by atoms with van der Waals surface area (Å²) in [5.41, 5.74) is 0. The van der Waals surface area contributed by atoms with Gasteiger partial charge in [0, 0.05) is 19.0 Å². The Morgan fingerprint density at radius 2 is 1.92 bits per heavy atom. The molecular formula is C7H9F3N2. The molecule has 0 spiro atoms. The maximum Gasteiger partial charge on any atom is 0.270 e. The lowest BCUT2D eigenvalue weighted by Gasteiger charge is -2.32. The van der Waals surface area contributed by atoms with Gasteiger partial charge in [-0.3, -0.25) is 0 Å². The fourth-order valence-electron chi connectivity index (χ4n) is 1.16. The number of nitrogens with zero attached hydrogens (tertiary/aromatic N) is 1. The number of hydrogen-bond acceptors (Lipinski definition) is 2. The van der Waals surface area contributed by atoms with E-state index in [1.54, 1.807) is 6.07 Å². The molecule has 1 fully saturated rings. The van der Waals surface area contributed by atoms with Crippen LogP contribution in [0.1, 0.15) is 0 Å². The summed E-state index contributed by atoms with van der Waals surface area (Å²) in [6.07, 6.45) is -5.35. The molecule has 0 aromatic carbocycles. The van der Waals surface area contributed by atoms with Gasteiger partial charge in [0.05, 0.1) is 12.0 Å². The molecule has 2 atom stereocenters. The van der Waals surface area contributed by atoms with Gasteiger partial charge in [-0.15, -0.1) is 0 Å². The first-order valence-corrected chi connectivity index (χ1v) is 3.69. The third kappa shape index (κ3) is 1.69. The normalized spacial score (nSPS) is 22.9. The van der Waals surface area contributed by atoms with E-state index in [0.29, 0.717) is 13.1 Å². The van der Waals surface area contributed by atoms with Crippen LogP contribution in [0.4, 0.5) is 13.2 Å². The van der Waals surface area contributed by atoms with Gasteiger partial charge in [0.25, 0.3) is 6.43 Å². The highest BCUT2D eigenvalue weighted by Crippen LogP contribution is 2.25. The van der Waals surface area contributed by atoms with Crippen LogP contribution < -0.4 is 5.32 Å². The van der Waals surface area contributed by atoms with E-state index in [2.05, 4.69) is 5.32 Å². The summed E-state index contributed by atoms with van der Waals surface area (Å²) in [5, 5.41) is 11.2. The average Bonchev–Trinajstić information content (AvgIpc) is 1.94. The molecule has 1 N–H and O–H groups in total. The third-order valence-electron chi connectivity index (χ3n) is 2.05. The zero-order valence-electron chi connectivity index (χ0n) is 6.30. The predicted molar refractivity (Wildman–Crippen MR) is 36.4 cm³/mol. The summed E-state index contributed by atoms with van der Waals surface area (Å²) >= 11 is 0. The quantitative estimate of drug-likeness (QED) is 0.698. The Morgan fingerprint density at radius 1 is 1.33 bits per heavy atom. The summed E-state index contributed by atoms with van der Waals surface area (Å²) in [7, 11) is 0. The van der Waals surface area contributed by atoms with E-state index in [9.17, 15) is 13.2 Å². The van der Waals surface area contributed by atoms with Crippen LogP contribution in [0.5, 0.6) is 0 Å². The van der Waals surface area contributed by atoms with Gasteiger partial charge in [-0.1, -0.05) is 0 Å². The van der Waals surface area contributed by atoms with E-state index in [4.69, 9.17) is 5.26 Å². The Kier molecular flexibility index (Phi) is 2.93. The van der Waals surface area contributed by atoms with E-state index in [-0.39, 0.29) is 5.92 Å². The standard InChI is InChI=1S/C7H9F3N2/c8-6(7(9)10)5(1-11)4-2-12-3-4/h4-7,12H,2-3H2. The highest BCUT2D eigenvalue weighted by molar-refractivity contribution is 4.98. The lowest BCUT2D eigenvalue weighted by molar-refractivity contribution is 0.00810. The zero-order chi connectivity index (χ0) is 9.14. The lowest BCUT2D eigenvalue weighted by atomic mass is 9.85. The first-order chi connectivity index (χ1) is 5.66. The van der Waals surface area contributed by atoms with Crippen LogP contribution in [0.15, 0.2) is 0 Å². The SMILES string of the molecule is N#CC(C1CNC1)C(F)C(F)F. The van der Waals surface area contributed by atoms with Crippen molar-refractivity contribution in [3.8, 4) is 6.07 Å². The van der Waals surface area contributed by atoms with Gasteiger partial charge in [-0.2, -0.15) is 5.26 Å². The number of hydrogen-bond donors (Lipinski definition) is 1. The minimum atomic E-state index is -3.05. The topological polar surface area (TPSA) is 35.8 Å². The van der Waals surface area contributed by atoms with E-state index >= 15 is 0 Å². The van der Waals surface area contributed by atoms with Gasteiger partial charge in [-0.25, -0.2) is 13.2 Å². The molecular weight excluding hydrogens is 169 g/mol. The highest BCUT2D eigenvalue weighted by Gasteiger charge is 2.38. The smallest absolute Gasteiger partial charge is 0.270 e. The van der Waals surface area contributed by atoms with Crippen molar-refractivity contribution in [3.05, 3.63) is 0 Å². The maximum absolute atomic E-state index is 12.7. The van der Waals surface area contributed by atoms with Crippen molar-refractivity contribution in [1.29, 1.82) is 5.26 Å². The molecule has 5 heteroatoms. The molecule has 12 heavy (non-hydrogen) atoms. The van der Waals surface area contributed by atoms with Crippen LogP contribution in [0, 0.1) is 23.2 Å². The van der Waals surface area contributed by atoms with Crippen molar-refractivity contribution in [1.82, 2.24) is 5.32 Å². The number of alkyl halides is 3. The van der Waals surface area contributed by atoms with Gasteiger partial charge < -0.3 is 5.32 Å². The largest absolute Gasteiger partial charge is 0.316 e. The molecule has 0 aromatic rings. The van der Waals surface area contributed by atoms with Gasteiger partial charge in [0.2, 0.25) is 0 Å². The Bertz CT molecular complexity index is 186. The molecule has 2 unspecified atom stereocenters. The molecule has 1 aliphatic heterocycles. The molecule has 0 bridgehead atoms. The van der Waals surface area contributed by atoms with Gasteiger partial charge in [0.15, 0.2) is 6.17 Å². The number of nitrogens with one attached hydrogen (secondary N) is 1. The van der Waals surface area contributed by atoms with Gasteiger partial charge in [0.1, 0.15) is 0 Å². The highest BCUT2D eigenvalue weighted by atomic mass is 19.3. The number of nitriles is 1. The molecule has 1 rings (SSSR count). The average molecular weight is 178 g/mol. The van der Waals surface area contributed by atoms with E-state index in [0.717, 1.165) is 0 Å². The second kappa shape index (κ2) is 3.76. The minimum Gasteiger partial charge on any atom is -0.316 e. The summed E-state index contributed by atoms with van der Waals surface area (Å²) in [5.74, 6) is -1.41. The van der Waals surface area contributed by atoms with Crippen molar-refractivity contribution in [3.63, 3.8) is 0 Å². The number of halogens is 3.